The zero-order chi connectivity index (χ0) is 24.6. The molecule has 1 fully saturated rings. The van der Waals surface area contributed by atoms with Crippen LogP contribution in [0.25, 0.3) is 12.2 Å². The van der Waals surface area contributed by atoms with E-state index in [0.29, 0.717) is 17.3 Å². The maximum absolute atomic E-state index is 11.9. The number of likely N-dealkylation sites (N-methyl/N-ethyl adjacent to an activating group) is 1. The van der Waals surface area contributed by atoms with Gasteiger partial charge in [-0.1, -0.05) is 25.1 Å². The van der Waals surface area contributed by atoms with Gasteiger partial charge in [0.1, 0.15) is 5.75 Å². The standard InChI is InChI=1S/C27H31N5O3/c1-4-31-10-12-32(13-11-31)24-7-5-6-23(17-24)30-27-28-18-21(19-29-27)9-8-20-14-22(26(33)35-3)16-25(15-20)34-2/h5-9,14-19H,4,10-13H2,1-3H3,(H,28,29,30)/b9-8+. The van der Waals surface area contributed by atoms with Crippen LogP contribution >= 0.6 is 0 Å². The van der Waals surface area contributed by atoms with Crippen LogP contribution in [0.4, 0.5) is 17.3 Å². The van der Waals surface area contributed by atoms with Crippen molar-refractivity contribution in [3.05, 3.63) is 71.5 Å². The fraction of sp³-hybridized carbons (Fsp3) is 0.296. The number of nitrogens with zero attached hydrogens (tertiary/aromatic N) is 4. The minimum Gasteiger partial charge on any atom is -0.497 e. The lowest BCUT2D eigenvalue weighted by molar-refractivity contribution is 0.0600. The first-order valence-corrected chi connectivity index (χ1v) is 11.7. The molecule has 1 saturated heterocycles. The lowest BCUT2D eigenvalue weighted by Crippen LogP contribution is -2.46. The molecule has 3 aromatic rings. The van der Waals surface area contributed by atoms with Crippen molar-refractivity contribution in [1.82, 2.24) is 14.9 Å². The van der Waals surface area contributed by atoms with Crippen LogP contribution in [0.2, 0.25) is 0 Å². The fourth-order valence-corrected chi connectivity index (χ4v) is 3.98. The van der Waals surface area contributed by atoms with E-state index < -0.39 is 5.97 Å². The Hall–Kier alpha value is -3.91. The van der Waals surface area contributed by atoms with Gasteiger partial charge < -0.3 is 24.6 Å². The highest BCUT2D eigenvalue weighted by molar-refractivity contribution is 5.91. The number of hydrogen-bond acceptors (Lipinski definition) is 8. The average Bonchev–Trinajstić information content (AvgIpc) is 2.92. The number of piperazine rings is 1. The quantitative estimate of drug-likeness (QED) is 0.485. The van der Waals surface area contributed by atoms with Crippen LogP contribution in [-0.2, 0) is 4.74 Å². The van der Waals surface area contributed by atoms with Gasteiger partial charge in [0.05, 0.1) is 19.8 Å². The maximum Gasteiger partial charge on any atom is 0.338 e. The fourth-order valence-electron chi connectivity index (χ4n) is 3.98. The summed E-state index contributed by atoms with van der Waals surface area (Å²) in [5.41, 5.74) is 4.23. The Morgan fingerprint density at radius 3 is 2.43 bits per heavy atom. The van der Waals surface area contributed by atoms with Gasteiger partial charge in [-0.15, -0.1) is 0 Å². The average molecular weight is 474 g/mol. The number of anilines is 3. The first-order valence-electron chi connectivity index (χ1n) is 11.7. The van der Waals surface area contributed by atoms with Crippen LogP contribution in [0.3, 0.4) is 0 Å². The Morgan fingerprint density at radius 2 is 1.74 bits per heavy atom. The van der Waals surface area contributed by atoms with Crippen LogP contribution in [0, 0.1) is 0 Å². The van der Waals surface area contributed by atoms with E-state index in [4.69, 9.17) is 9.47 Å². The number of carbonyl (C=O) groups excluding carboxylic acids is 1. The Kier molecular flexibility index (Phi) is 7.95. The number of benzene rings is 2. The van der Waals surface area contributed by atoms with Crippen molar-refractivity contribution in [1.29, 1.82) is 0 Å². The van der Waals surface area contributed by atoms with Gasteiger partial charge in [-0.2, -0.15) is 0 Å². The molecule has 8 heteroatoms. The highest BCUT2D eigenvalue weighted by atomic mass is 16.5. The Labute approximate surface area is 206 Å². The second-order valence-corrected chi connectivity index (χ2v) is 8.26. The lowest BCUT2D eigenvalue weighted by Gasteiger charge is -2.35. The van der Waals surface area contributed by atoms with E-state index in [2.05, 4.69) is 50.2 Å². The zero-order valence-electron chi connectivity index (χ0n) is 20.4. The van der Waals surface area contributed by atoms with E-state index in [0.717, 1.165) is 49.5 Å². The molecule has 1 aliphatic heterocycles. The van der Waals surface area contributed by atoms with Crippen molar-refractivity contribution in [3.8, 4) is 5.75 Å². The number of hydrogen-bond donors (Lipinski definition) is 1. The summed E-state index contributed by atoms with van der Waals surface area (Å²) in [4.78, 5) is 25.7. The third kappa shape index (κ3) is 6.36. The van der Waals surface area contributed by atoms with Crippen LogP contribution in [-0.4, -0.2) is 67.8 Å². The minimum atomic E-state index is -0.412. The lowest BCUT2D eigenvalue weighted by atomic mass is 10.1. The van der Waals surface area contributed by atoms with Gasteiger partial charge in [-0.3, -0.25) is 0 Å². The number of ether oxygens (including phenoxy) is 2. The molecule has 0 saturated carbocycles. The zero-order valence-corrected chi connectivity index (χ0v) is 20.4. The number of methoxy groups -OCH3 is 2. The SMILES string of the molecule is CCN1CCN(c2cccc(Nc3ncc(/C=C/c4cc(OC)cc(C(=O)OC)c4)cn3)c2)CC1. The number of rotatable bonds is 8. The van der Waals surface area contributed by atoms with E-state index in [9.17, 15) is 4.79 Å². The highest BCUT2D eigenvalue weighted by Crippen LogP contribution is 2.23. The highest BCUT2D eigenvalue weighted by Gasteiger charge is 2.16. The van der Waals surface area contributed by atoms with Crippen molar-refractivity contribution in [2.45, 2.75) is 6.92 Å². The van der Waals surface area contributed by atoms with Crippen molar-refractivity contribution in [2.24, 2.45) is 0 Å². The van der Waals surface area contributed by atoms with Crippen molar-refractivity contribution in [3.63, 3.8) is 0 Å². The summed E-state index contributed by atoms with van der Waals surface area (Å²) < 4.78 is 10.1. The van der Waals surface area contributed by atoms with Gasteiger partial charge >= 0.3 is 5.97 Å². The summed E-state index contributed by atoms with van der Waals surface area (Å²) in [7, 11) is 2.92. The second kappa shape index (κ2) is 11.5. The van der Waals surface area contributed by atoms with E-state index in [1.54, 1.807) is 31.6 Å². The van der Waals surface area contributed by atoms with E-state index in [-0.39, 0.29) is 0 Å². The summed E-state index contributed by atoms with van der Waals surface area (Å²) in [6.07, 6.45) is 7.26. The number of nitrogens with one attached hydrogen (secondary N) is 1. The molecule has 1 N–H and O–H groups in total. The van der Waals surface area contributed by atoms with Crippen molar-refractivity contribution >= 4 is 35.4 Å². The first kappa shape index (κ1) is 24.2. The number of carbonyl (C=O) groups is 1. The smallest absolute Gasteiger partial charge is 0.338 e. The van der Waals surface area contributed by atoms with Gasteiger partial charge in [0.25, 0.3) is 0 Å². The summed E-state index contributed by atoms with van der Waals surface area (Å²) in [6, 6.07) is 13.6. The molecule has 0 amide bonds. The molecule has 0 atom stereocenters. The Balaban J connectivity index is 1.41. The number of aromatic nitrogens is 2. The summed E-state index contributed by atoms with van der Waals surface area (Å²) >= 11 is 0. The minimum absolute atomic E-state index is 0.412. The third-order valence-electron chi connectivity index (χ3n) is 6.01. The molecular formula is C27H31N5O3. The second-order valence-electron chi connectivity index (χ2n) is 8.26. The van der Waals surface area contributed by atoms with Crippen LogP contribution in [0.15, 0.2) is 54.9 Å². The molecule has 0 spiro atoms. The molecule has 1 aromatic heterocycles. The monoisotopic (exact) mass is 473 g/mol. The van der Waals surface area contributed by atoms with Gasteiger partial charge in [0.2, 0.25) is 5.95 Å². The van der Waals surface area contributed by atoms with Gasteiger partial charge in [-0.25, -0.2) is 14.8 Å². The van der Waals surface area contributed by atoms with Gasteiger partial charge in [0.15, 0.2) is 0 Å². The van der Waals surface area contributed by atoms with Gasteiger partial charge in [0, 0.05) is 55.5 Å². The summed E-state index contributed by atoms with van der Waals surface area (Å²) in [6.45, 7) is 7.55. The van der Waals surface area contributed by atoms with Gasteiger partial charge in [-0.05, 0) is 48.5 Å². The van der Waals surface area contributed by atoms with E-state index >= 15 is 0 Å². The molecule has 8 nitrogen and oxygen atoms in total. The number of esters is 1. The molecule has 0 bridgehead atoms. The Morgan fingerprint density at radius 1 is 1.00 bits per heavy atom. The molecule has 1 aliphatic rings. The predicted molar refractivity (Wildman–Crippen MR) is 139 cm³/mol. The molecule has 4 rings (SSSR count). The topological polar surface area (TPSA) is 79.8 Å². The third-order valence-corrected chi connectivity index (χ3v) is 6.01. The molecule has 0 radical (unpaired) electrons. The molecule has 35 heavy (non-hydrogen) atoms. The van der Waals surface area contributed by atoms with E-state index in [1.165, 1.54) is 12.8 Å². The van der Waals surface area contributed by atoms with E-state index in [1.807, 2.05) is 24.3 Å². The summed E-state index contributed by atoms with van der Waals surface area (Å²) in [5.74, 6) is 0.701. The van der Waals surface area contributed by atoms with Crippen LogP contribution < -0.4 is 15.0 Å². The molecule has 182 valence electrons. The van der Waals surface area contributed by atoms with Crippen molar-refractivity contribution < 1.29 is 14.3 Å². The largest absolute Gasteiger partial charge is 0.497 e. The maximum atomic E-state index is 11.9. The molecule has 2 aromatic carbocycles. The molecule has 2 heterocycles. The molecule has 0 aliphatic carbocycles. The summed E-state index contributed by atoms with van der Waals surface area (Å²) in [5, 5.41) is 3.29. The van der Waals surface area contributed by atoms with Crippen LogP contribution in [0.1, 0.15) is 28.4 Å². The van der Waals surface area contributed by atoms with Crippen LogP contribution in [0.5, 0.6) is 5.75 Å². The Bertz CT molecular complexity index is 1170. The molecule has 0 unspecified atom stereocenters. The van der Waals surface area contributed by atoms with Crippen molar-refractivity contribution in [2.75, 3.05) is 57.2 Å². The first-order chi connectivity index (χ1) is 17.1. The normalized spacial score (nSPS) is 14.2. The predicted octanol–water partition coefficient (Wildman–Crippen LogP) is 4.33. The molecular weight excluding hydrogens is 442 g/mol.